The highest BCUT2D eigenvalue weighted by atomic mass is 35.5. The van der Waals surface area contributed by atoms with Crippen LogP contribution in [0.2, 0.25) is 5.02 Å². The Bertz CT molecular complexity index is 1160. The number of rotatable bonds is 11. The number of carboxylic acid groups (broad SMARTS) is 2. The molecule has 2 aromatic rings. The second-order valence-corrected chi connectivity index (χ2v) is 10.1. The van der Waals surface area contributed by atoms with Crippen LogP contribution in [0.25, 0.3) is 11.0 Å². The fraction of sp³-hybridized carbons (Fsp3) is 0.542. The first-order chi connectivity index (χ1) is 17.3. The van der Waals surface area contributed by atoms with Gasteiger partial charge in [0.1, 0.15) is 11.3 Å². The highest BCUT2D eigenvalue weighted by Crippen LogP contribution is 2.34. The van der Waals surface area contributed by atoms with Crippen molar-refractivity contribution in [2.24, 2.45) is 5.92 Å². The van der Waals surface area contributed by atoms with Gasteiger partial charge in [0.2, 0.25) is 0 Å². The maximum absolute atomic E-state index is 12.9. The number of amides is 1. The van der Waals surface area contributed by atoms with Crippen molar-refractivity contribution in [3.63, 3.8) is 0 Å². The van der Waals surface area contributed by atoms with Crippen LogP contribution < -0.4 is 11.1 Å². The highest BCUT2D eigenvalue weighted by molar-refractivity contribution is 6.35. The molecule has 0 spiro atoms. The van der Waals surface area contributed by atoms with Gasteiger partial charge >= 0.3 is 11.9 Å². The molecule has 0 radical (unpaired) electrons. The topological polar surface area (TPSA) is 196 Å². The Kier molecular flexibility index (Phi) is 9.03. The zero-order chi connectivity index (χ0) is 27.5. The van der Waals surface area contributed by atoms with Gasteiger partial charge in [-0.15, -0.1) is 0 Å². The summed E-state index contributed by atoms with van der Waals surface area (Å²) in [6, 6.07) is 3.23. The number of aliphatic hydroxyl groups is 2. The van der Waals surface area contributed by atoms with Gasteiger partial charge in [0, 0.05) is 18.5 Å². The average molecular weight is 542 g/mol. The van der Waals surface area contributed by atoms with Crippen molar-refractivity contribution < 1.29 is 44.0 Å². The molecule has 1 aliphatic rings. The van der Waals surface area contributed by atoms with Crippen molar-refractivity contribution in [3.05, 3.63) is 28.5 Å². The number of hydrogen-bond donors (Lipinski definition) is 6. The van der Waals surface area contributed by atoms with Gasteiger partial charge in [-0.25, -0.2) is 9.59 Å². The third-order valence-corrected chi connectivity index (χ3v) is 6.66. The van der Waals surface area contributed by atoms with E-state index in [1.54, 1.807) is 13.0 Å². The van der Waals surface area contributed by atoms with Crippen LogP contribution in [0.5, 0.6) is 0 Å². The number of ether oxygens (including phenoxy) is 1. The minimum Gasteiger partial charge on any atom is -0.479 e. The third-order valence-electron chi connectivity index (χ3n) is 6.34. The van der Waals surface area contributed by atoms with E-state index in [2.05, 4.69) is 5.32 Å². The second-order valence-electron chi connectivity index (χ2n) is 9.70. The van der Waals surface area contributed by atoms with Crippen LogP contribution in [0.4, 0.5) is 5.69 Å². The summed E-state index contributed by atoms with van der Waals surface area (Å²) in [4.78, 5) is 36.9. The molecule has 0 bridgehead atoms. The zero-order valence-electron chi connectivity index (χ0n) is 20.6. The normalized spacial score (nSPS) is 18.3. The van der Waals surface area contributed by atoms with Crippen LogP contribution in [-0.2, 0) is 14.3 Å². The molecule has 1 saturated heterocycles. The van der Waals surface area contributed by atoms with Crippen LogP contribution in [0.1, 0.15) is 35.9 Å². The van der Waals surface area contributed by atoms with Crippen LogP contribution in [-0.4, -0.2) is 93.8 Å². The van der Waals surface area contributed by atoms with Gasteiger partial charge in [0.15, 0.2) is 12.2 Å². The Hall–Kier alpha value is -2.90. The van der Waals surface area contributed by atoms with Gasteiger partial charge in [0.05, 0.1) is 28.5 Å². The smallest absolute Gasteiger partial charge is 0.336 e. The van der Waals surface area contributed by atoms with Gasteiger partial charge < -0.3 is 45.5 Å². The number of aliphatic hydroxyl groups excluding tert-OH is 1. The summed E-state index contributed by atoms with van der Waals surface area (Å²) in [5.41, 5.74) is 5.58. The molecule has 0 aliphatic carbocycles. The number of piperidine rings is 1. The summed E-state index contributed by atoms with van der Waals surface area (Å²) >= 11 is 6.20. The molecule has 1 aliphatic heterocycles. The standard InChI is InChI=1S/C24H32ClN3O9/c1-12-7-14-17(26)16(25)8-15(19(14)37-12)21(30)27-9-13-3-5-28(6-4-13)10-24(2,35)11-36-20(23(33)34)18(29)22(31)32/h7-8,13,18,20,29,35H,3-6,9-11,26H2,1-2H3,(H,27,30)(H,31,32)(H,33,34). The van der Waals surface area contributed by atoms with Gasteiger partial charge in [-0.3, -0.25) is 4.79 Å². The van der Waals surface area contributed by atoms with E-state index >= 15 is 0 Å². The lowest BCUT2D eigenvalue weighted by Crippen LogP contribution is -2.50. The third kappa shape index (κ3) is 7.11. The summed E-state index contributed by atoms with van der Waals surface area (Å²) in [5.74, 6) is -2.88. The number of likely N-dealkylation sites (tertiary alicyclic amines) is 1. The Morgan fingerprint density at radius 3 is 2.51 bits per heavy atom. The van der Waals surface area contributed by atoms with E-state index in [-0.39, 0.29) is 23.4 Å². The molecule has 0 saturated carbocycles. The predicted molar refractivity (Wildman–Crippen MR) is 134 cm³/mol. The molecule has 3 unspecified atom stereocenters. The van der Waals surface area contributed by atoms with Gasteiger partial charge in [-0.05, 0) is 57.8 Å². The lowest BCUT2D eigenvalue weighted by atomic mass is 9.95. The van der Waals surface area contributed by atoms with Gasteiger partial charge in [-0.2, -0.15) is 0 Å². The first-order valence-electron chi connectivity index (χ1n) is 11.8. The summed E-state index contributed by atoms with van der Waals surface area (Å²) in [6.07, 6.45) is -2.77. The molecule has 37 heavy (non-hydrogen) atoms. The predicted octanol–water partition coefficient (Wildman–Crippen LogP) is 1.08. The molecule has 7 N–H and O–H groups in total. The molecule has 1 aromatic heterocycles. The Morgan fingerprint density at radius 1 is 1.27 bits per heavy atom. The van der Waals surface area contributed by atoms with E-state index in [0.29, 0.717) is 47.6 Å². The number of benzene rings is 1. The SMILES string of the molecule is Cc1cc2c(N)c(Cl)cc(C(=O)NCC3CCN(CC(C)(O)COC(C(=O)O)C(O)C(=O)O)CC3)c2o1. The van der Waals surface area contributed by atoms with Crippen molar-refractivity contribution in [1.29, 1.82) is 0 Å². The van der Waals surface area contributed by atoms with Crippen LogP contribution >= 0.6 is 11.6 Å². The summed E-state index contributed by atoms with van der Waals surface area (Å²) in [6.45, 7) is 4.55. The number of fused-ring (bicyclic) bond motifs is 1. The minimum atomic E-state index is -2.25. The number of aryl methyl sites for hydroxylation is 1. The number of nitrogens with two attached hydrogens (primary N) is 1. The fourth-order valence-electron chi connectivity index (χ4n) is 4.39. The average Bonchev–Trinajstić information content (AvgIpc) is 3.21. The number of β-amino-alcohol motifs (C(OH)–C–C–N with tert-alkyl or cyclic N) is 1. The number of aliphatic carboxylic acids is 2. The molecule has 1 aromatic carbocycles. The first kappa shape index (κ1) is 28.7. The Labute approximate surface area is 217 Å². The monoisotopic (exact) mass is 541 g/mol. The van der Waals surface area contributed by atoms with E-state index in [1.165, 1.54) is 13.0 Å². The number of carboxylic acids is 2. The fourth-order valence-corrected chi connectivity index (χ4v) is 4.60. The van der Waals surface area contributed by atoms with Crippen molar-refractivity contribution in [1.82, 2.24) is 10.2 Å². The van der Waals surface area contributed by atoms with Crippen molar-refractivity contribution in [2.75, 3.05) is 38.5 Å². The summed E-state index contributed by atoms with van der Waals surface area (Å²) in [5, 5.41) is 41.9. The number of nitrogens with one attached hydrogen (secondary N) is 1. The lowest BCUT2D eigenvalue weighted by Gasteiger charge is -2.37. The quantitative estimate of drug-likeness (QED) is 0.223. The molecular weight excluding hydrogens is 510 g/mol. The number of carbonyl (C=O) groups is 3. The van der Waals surface area contributed by atoms with E-state index in [4.69, 9.17) is 36.7 Å². The number of nitrogen functional groups attached to an aromatic ring is 1. The molecule has 13 heteroatoms. The molecule has 3 atom stereocenters. The maximum Gasteiger partial charge on any atom is 0.336 e. The molecule has 12 nitrogen and oxygen atoms in total. The van der Waals surface area contributed by atoms with Crippen LogP contribution in [0.15, 0.2) is 16.5 Å². The summed E-state index contributed by atoms with van der Waals surface area (Å²) in [7, 11) is 0. The number of anilines is 1. The van der Waals surface area contributed by atoms with Crippen LogP contribution in [0, 0.1) is 12.8 Å². The van der Waals surface area contributed by atoms with Gasteiger partial charge in [-0.1, -0.05) is 11.6 Å². The second kappa shape index (κ2) is 11.7. The molecule has 2 heterocycles. The lowest BCUT2D eigenvalue weighted by molar-refractivity contribution is -0.177. The van der Waals surface area contributed by atoms with Crippen LogP contribution in [0.3, 0.4) is 0 Å². The van der Waals surface area contributed by atoms with Crippen molar-refractivity contribution in [3.8, 4) is 0 Å². The number of nitrogens with zero attached hydrogens (tertiary/aromatic N) is 1. The van der Waals surface area contributed by atoms with E-state index in [0.717, 1.165) is 12.8 Å². The summed E-state index contributed by atoms with van der Waals surface area (Å²) < 4.78 is 10.7. The minimum absolute atomic E-state index is 0.154. The van der Waals surface area contributed by atoms with Gasteiger partial charge in [0.25, 0.3) is 5.91 Å². The van der Waals surface area contributed by atoms with Crippen molar-refractivity contribution in [2.45, 2.75) is 44.5 Å². The number of furan rings is 1. The number of carbonyl (C=O) groups excluding carboxylic acids is 1. The zero-order valence-corrected chi connectivity index (χ0v) is 21.3. The van der Waals surface area contributed by atoms with E-state index in [1.807, 2.05) is 4.90 Å². The molecule has 1 amide bonds. The molecule has 3 rings (SSSR count). The first-order valence-corrected chi connectivity index (χ1v) is 12.1. The Morgan fingerprint density at radius 2 is 1.92 bits per heavy atom. The molecule has 204 valence electrons. The number of halogens is 1. The van der Waals surface area contributed by atoms with E-state index in [9.17, 15) is 24.6 Å². The highest BCUT2D eigenvalue weighted by Gasteiger charge is 2.36. The number of hydrogen-bond acceptors (Lipinski definition) is 9. The maximum atomic E-state index is 12.9. The van der Waals surface area contributed by atoms with Crippen molar-refractivity contribution >= 4 is 46.1 Å². The molecular formula is C24H32ClN3O9. The largest absolute Gasteiger partial charge is 0.479 e. The Balaban J connectivity index is 1.49. The van der Waals surface area contributed by atoms with E-state index < -0.39 is 36.4 Å². The molecule has 1 fully saturated rings.